The number of likely N-dealkylation sites (N-methyl/N-ethyl adjacent to an activating group) is 1. The second kappa shape index (κ2) is 9.65. The van der Waals surface area contributed by atoms with E-state index < -0.39 is 17.6 Å². The lowest BCUT2D eigenvalue weighted by molar-refractivity contribution is -0.140. The highest BCUT2D eigenvalue weighted by molar-refractivity contribution is 6.03. The fourth-order valence-corrected chi connectivity index (χ4v) is 3.61. The van der Waals surface area contributed by atoms with Crippen LogP contribution < -0.4 is 19.7 Å². The smallest absolute Gasteiger partial charge is 0.270 e. The molecular weight excluding hydrogens is 464 g/mol. The van der Waals surface area contributed by atoms with Crippen LogP contribution in [0, 0.1) is 11.8 Å². The SMILES string of the molecule is CN1C(=O)[C@@H](NC(=O)c2cc(Oc3cccnc3)ccn2)COc2ccc(C#CC3(O)COC3)cc21. The molecule has 1 saturated heterocycles. The van der Waals surface area contributed by atoms with Crippen molar-refractivity contribution in [1.29, 1.82) is 0 Å². The first-order valence-corrected chi connectivity index (χ1v) is 11.1. The Balaban J connectivity index is 1.29. The summed E-state index contributed by atoms with van der Waals surface area (Å²) in [6.45, 7) is 0.276. The average Bonchev–Trinajstić information content (AvgIpc) is 2.99. The third kappa shape index (κ3) is 4.98. The van der Waals surface area contributed by atoms with Crippen LogP contribution in [0.1, 0.15) is 16.1 Å². The zero-order chi connectivity index (χ0) is 25.1. The highest BCUT2D eigenvalue weighted by atomic mass is 16.5. The van der Waals surface area contributed by atoms with Crippen LogP contribution in [0.4, 0.5) is 5.69 Å². The zero-order valence-electron chi connectivity index (χ0n) is 19.3. The van der Waals surface area contributed by atoms with Crippen molar-refractivity contribution in [3.05, 3.63) is 72.3 Å². The Hall–Kier alpha value is -4.46. The largest absolute Gasteiger partial charge is 0.489 e. The number of pyridine rings is 2. The first kappa shape index (κ1) is 23.3. The van der Waals surface area contributed by atoms with Crippen LogP contribution in [0.2, 0.25) is 0 Å². The van der Waals surface area contributed by atoms with Gasteiger partial charge in [0.15, 0.2) is 5.60 Å². The van der Waals surface area contributed by atoms with Crippen molar-refractivity contribution in [3.8, 4) is 29.1 Å². The van der Waals surface area contributed by atoms with Crippen LogP contribution >= 0.6 is 0 Å². The van der Waals surface area contributed by atoms with Gasteiger partial charge in [-0.1, -0.05) is 11.8 Å². The minimum atomic E-state index is -1.14. The molecule has 0 bridgehead atoms. The summed E-state index contributed by atoms with van der Waals surface area (Å²) < 4.78 is 16.5. The molecule has 4 heterocycles. The second-order valence-corrected chi connectivity index (χ2v) is 8.36. The molecule has 2 aromatic heterocycles. The Morgan fingerprint density at radius 2 is 2.08 bits per heavy atom. The van der Waals surface area contributed by atoms with Crippen LogP contribution in [0.15, 0.2) is 61.1 Å². The number of nitrogens with one attached hydrogen (secondary N) is 1. The van der Waals surface area contributed by atoms with Gasteiger partial charge < -0.3 is 29.5 Å². The number of hydrogen-bond donors (Lipinski definition) is 2. The molecule has 2 amide bonds. The van der Waals surface area contributed by atoms with Gasteiger partial charge in [-0.15, -0.1) is 0 Å². The van der Waals surface area contributed by atoms with Gasteiger partial charge in [-0.25, -0.2) is 0 Å². The summed E-state index contributed by atoms with van der Waals surface area (Å²) >= 11 is 0. The molecule has 2 aliphatic heterocycles. The maximum atomic E-state index is 13.2. The number of carbonyl (C=O) groups excluding carboxylic acids is 2. The van der Waals surface area contributed by atoms with E-state index in [1.165, 1.54) is 17.2 Å². The highest BCUT2D eigenvalue weighted by Gasteiger charge is 2.34. The summed E-state index contributed by atoms with van der Waals surface area (Å²) in [6.07, 6.45) is 4.63. The lowest BCUT2D eigenvalue weighted by atomic mass is 10.0. The van der Waals surface area contributed by atoms with Gasteiger partial charge in [0.05, 0.1) is 25.1 Å². The van der Waals surface area contributed by atoms with Crippen LogP contribution in [0.25, 0.3) is 0 Å². The molecule has 1 atom stereocenters. The van der Waals surface area contributed by atoms with Crippen molar-refractivity contribution in [2.75, 3.05) is 31.8 Å². The van der Waals surface area contributed by atoms with Crippen molar-refractivity contribution in [2.45, 2.75) is 11.6 Å². The van der Waals surface area contributed by atoms with Crippen molar-refractivity contribution in [3.63, 3.8) is 0 Å². The van der Waals surface area contributed by atoms with E-state index >= 15 is 0 Å². The number of aromatic nitrogens is 2. The molecule has 2 N–H and O–H groups in total. The van der Waals surface area contributed by atoms with Gasteiger partial charge in [-0.3, -0.25) is 19.6 Å². The summed E-state index contributed by atoms with van der Waals surface area (Å²) in [5.74, 6) is 6.19. The standard InChI is InChI=1S/C26H22N4O6/c1-30-22-11-17(6-8-26(33)15-34-16-26)4-5-23(22)35-14-21(25(30)32)29-24(31)20-12-18(7-10-28-20)36-19-3-2-9-27-13-19/h2-5,7,9-13,21,33H,14-16H2,1H3,(H,29,31)/t21-/m0/s1. The monoisotopic (exact) mass is 486 g/mol. The molecule has 0 unspecified atom stereocenters. The van der Waals surface area contributed by atoms with E-state index in [0.717, 1.165) is 0 Å². The van der Waals surface area contributed by atoms with E-state index in [1.54, 1.807) is 55.8 Å². The highest BCUT2D eigenvalue weighted by Crippen LogP contribution is 2.31. The number of rotatable bonds is 4. The minimum absolute atomic E-state index is 0.0596. The number of carbonyl (C=O) groups is 2. The Morgan fingerprint density at radius 1 is 1.22 bits per heavy atom. The number of aliphatic hydroxyl groups is 1. The summed E-state index contributed by atoms with van der Waals surface area (Å²) in [6, 6.07) is 10.8. The van der Waals surface area contributed by atoms with Gasteiger partial charge in [0.25, 0.3) is 11.8 Å². The van der Waals surface area contributed by atoms with E-state index in [0.29, 0.717) is 28.5 Å². The van der Waals surface area contributed by atoms with Crippen LogP contribution in [0.3, 0.4) is 0 Å². The van der Waals surface area contributed by atoms with Crippen LogP contribution in [-0.2, 0) is 9.53 Å². The molecule has 1 aromatic carbocycles. The Kier molecular flexibility index (Phi) is 6.25. The topological polar surface area (TPSA) is 123 Å². The van der Waals surface area contributed by atoms with Gasteiger partial charge >= 0.3 is 0 Å². The summed E-state index contributed by atoms with van der Waals surface area (Å²) in [7, 11) is 1.60. The van der Waals surface area contributed by atoms with Crippen molar-refractivity contribution < 1.29 is 28.9 Å². The summed E-state index contributed by atoms with van der Waals surface area (Å²) in [5, 5.41) is 12.8. The molecule has 2 aliphatic rings. The number of nitrogens with zero attached hydrogens (tertiary/aromatic N) is 3. The van der Waals surface area contributed by atoms with E-state index in [2.05, 4.69) is 27.1 Å². The molecule has 1 fully saturated rings. The maximum absolute atomic E-state index is 13.2. The van der Waals surface area contributed by atoms with E-state index in [9.17, 15) is 14.7 Å². The van der Waals surface area contributed by atoms with E-state index in [-0.39, 0.29) is 31.4 Å². The number of amides is 2. The third-order valence-electron chi connectivity index (χ3n) is 5.62. The molecule has 0 radical (unpaired) electrons. The van der Waals surface area contributed by atoms with Gasteiger partial charge in [-0.05, 0) is 36.4 Å². The molecule has 0 aliphatic carbocycles. The number of ether oxygens (including phenoxy) is 3. The lowest BCUT2D eigenvalue weighted by Gasteiger charge is -2.30. The fourth-order valence-electron chi connectivity index (χ4n) is 3.61. The Morgan fingerprint density at radius 3 is 2.83 bits per heavy atom. The Bertz CT molecular complexity index is 1360. The minimum Gasteiger partial charge on any atom is -0.489 e. The molecule has 0 saturated carbocycles. The van der Waals surface area contributed by atoms with E-state index in [4.69, 9.17) is 14.2 Å². The molecule has 36 heavy (non-hydrogen) atoms. The molecule has 182 valence electrons. The molecular formula is C26H22N4O6. The quantitative estimate of drug-likeness (QED) is 0.533. The molecule has 10 heteroatoms. The lowest BCUT2D eigenvalue weighted by Crippen LogP contribution is -2.49. The van der Waals surface area contributed by atoms with Crippen LogP contribution in [-0.4, -0.2) is 65.4 Å². The number of anilines is 1. The number of fused-ring (bicyclic) bond motifs is 1. The first-order chi connectivity index (χ1) is 17.4. The maximum Gasteiger partial charge on any atom is 0.270 e. The molecule has 5 rings (SSSR count). The fraction of sp³-hybridized carbons (Fsp3) is 0.231. The Labute approximate surface area is 206 Å². The van der Waals surface area contributed by atoms with Gasteiger partial charge in [0, 0.05) is 31.1 Å². The zero-order valence-corrected chi connectivity index (χ0v) is 19.3. The number of hydrogen-bond acceptors (Lipinski definition) is 8. The predicted molar refractivity (Wildman–Crippen MR) is 128 cm³/mol. The summed E-state index contributed by atoms with van der Waals surface area (Å²) in [5.41, 5.74) is 0.0540. The van der Waals surface area contributed by atoms with Crippen LogP contribution in [0.5, 0.6) is 17.2 Å². The summed E-state index contributed by atoms with van der Waals surface area (Å²) in [4.78, 5) is 35.6. The van der Waals surface area contributed by atoms with Crippen molar-refractivity contribution >= 4 is 17.5 Å². The normalized spacial score (nSPS) is 17.9. The van der Waals surface area contributed by atoms with Gasteiger partial charge in [-0.2, -0.15) is 0 Å². The van der Waals surface area contributed by atoms with E-state index in [1.807, 2.05) is 0 Å². The molecule has 0 spiro atoms. The van der Waals surface area contributed by atoms with Gasteiger partial charge in [0.2, 0.25) is 0 Å². The number of benzene rings is 1. The predicted octanol–water partition coefficient (Wildman–Crippen LogP) is 1.54. The van der Waals surface area contributed by atoms with Gasteiger partial charge in [0.1, 0.15) is 35.6 Å². The average molecular weight is 486 g/mol. The third-order valence-corrected chi connectivity index (χ3v) is 5.62. The molecule has 3 aromatic rings. The van der Waals surface area contributed by atoms with Crippen molar-refractivity contribution in [2.24, 2.45) is 0 Å². The molecule has 10 nitrogen and oxygen atoms in total. The second-order valence-electron chi connectivity index (χ2n) is 8.36. The van der Waals surface area contributed by atoms with Crippen molar-refractivity contribution in [1.82, 2.24) is 15.3 Å². The first-order valence-electron chi connectivity index (χ1n) is 11.1.